The summed E-state index contributed by atoms with van der Waals surface area (Å²) in [6.07, 6.45) is 0.337. The number of nitrogens with zero attached hydrogens (tertiary/aromatic N) is 8. The van der Waals surface area contributed by atoms with Crippen molar-refractivity contribution in [2.24, 2.45) is 13.0 Å². The van der Waals surface area contributed by atoms with E-state index in [1.54, 1.807) is 23.1 Å². The lowest BCUT2D eigenvalue weighted by Gasteiger charge is -2.46. The highest BCUT2D eigenvalue weighted by Crippen LogP contribution is 2.52. The number of hydrogen-bond donors (Lipinski definition) is 0. The molecule has 2 aromatic carbocycles. The van der Waals surface area contributed by atoms with Crippen LogP contribution in [0.25, 0.3) is 0 Å². The van der Waals surface area contributed by atoms with Gasteiger partial charge in [-0.15, -0.1) is 10.2 Å². The van der Waals surface area contributed by atoms with Gasteiger partial charge in [-0.3, -0.25) is 9.69 Å². The molecule has 1 aliphatic carbocycles. The molecule has 4 aromatic rings. The van der Waals surface area contributed by atoms with Gasteiger partial charge in [-0.25, -0.2) is 9.67 Å². The number of aryl methyl sites for hydroxylation is 1. The number of aromatic nitrogens is 6. The van der Waals surface area contributed by atoms with Crippen LogP contribution in [0.15, 0.2) is 49.1 Å². The van der Waals surface area contributed by atoms with Crippen molar-refractivity contribution in [3.05, 3.63) is 88.5 Å². The fourth-order valence-corrected chi connectivity index (χ4v) is 6.89. The molecule has 4 heterocycles. The smallest absolute Gasteiger partial charge is 0.320 e. The van der Waals surface area contributed by atoms with Crippen molar-refractivity contribution < 1.29 is 18.0 Å². The highest BCUT2D eigenvalue weighted by molar-refractivity contribution is 6.10. The second-order valence-electron chi connectivity index (χ2n) is 11.6. The number of hydrogen-bond acceptors (Lipinski definition) is 6. The summed E-state index contributed by atoms with van der Waals surface area (Å²) in [5, 5.41) is 12.6. The average molecular weight is 563 g/mol. The summed E-state index contributed by atoms with van der Waals surface area (Å²) in [7, 11) is 1.91. The zero-order valence-electron chi connectivity index (χ0n) is 22.8. The van der Waals surface area contributed by atoms with Crippen molar-refractivity contribution >= 4 is 11.6 Å². The minimum Gasteiger partial charge on any atom is -0.320 e. The van der Waals surface area contributed by atoms with Crippen LogP contribution < -0.4 is 4.90 Å². The molecular formula is C29H29F3N8O. The van der Waals surface area contributed by atoms with Crippen LogP contribution in [0.3, 0.4) is 0 Å². The van der Waals surface area contributed by atoms with Crippen molar-refractivity contribution in [1.82, 2.24) is 34.4 Å². The Morgan fingerprint density at radius 1 is 1.10 bits per heavy atom. The zero-order valence-corrected chi connectivity index (χ0v) is 22.8. The Morgan fingerprint density at radius 2 is 1.93 bits per heavy atom. The average Bonchev–Trinajstić information content (AvgIpc) is 3.65. The number of fused-ring (bicyclic) bond motifs is 2. The van der Waals surface area contributed by atoms with Crippen LogP contribution in [0.2, 0.25) is 0 Å². The van der Waals surface area contributed by atoms with Crippen LogP contribution in [0.4, 0.5) is 18.9 Å². The molecule has 0 radical (unpaired) electrons. The van der Waals surface area contributed by atoms with Crippen LogP contribution in [-0.4, -0.2) is 46.9 Å². The van der Waals surface area contributed by atoms with Crippen molar-refractivity contribution in [1.29, 1.82) is 0 Å². The number of rotatable bonds is 5. The lowest BCUT2D eigenvalue weighted by atomic mass is 9.58. The van der Waals surface area contributed by atoms with Crippen LogP contribution in [0, 0.1) is 5.92 Å². The maximum Gasteiger partial charge on any atom is 0.416 e. The highest BCUT2D eigenvalue weighted by atomic mass is 19.4. The summed E-state index contributed by atoms with van der Waals surface area (Å²) in [6, 6.07) is 10.4. The van der Waals surface area contributed by atoms with Crippen molar-refractivity contribution in [3.63, 3.8) is 0 Å². The van der Waals surface area contributed by atoms with E-state index in [1.165, 1.54) is 17.3 Å². The Morgan fingerprint density at radius 3 is 2.66 bits per heavy atom. The van der Waals surface area contributed by atoms with Gasteiger partial charge in [0.2, 0.25) is 0 Å². The van der Waals surface area contributed by atoms with Gasteiger partial charge in [-0.1, -0.05) is 19.1 Å². The zero-order chi connectivity index (χ0) is 28.5. The molecule has 0 N–H and O–H groups in total. The monoisotopic (exact) mass is 562 g/mol. The first kappa shape index (κ1) is 25.9. The summed E-state index contributed by atoms with van der Waals surface area (Å²) >= 11 is 0. The summed E-state index contributed by atoms with van der Waals surface area (Å²) in [5.74, 6) is 1.70. The first-order chi connectivity index (χ1) is 19.6. The van der Waals surface area contributed by atoms with E-state index in [4.69, 9.17) is 0 Å². The number of halogens is 3. The summed E-state index contributed by atoms with van der Waals surface area (Å²) < 4.78 is 46.7. The van der Waals surface area contributed by atoms with E-state index < -0.39 is 17.6 Å². The molecule has 41 heavy (non-hydrogen) atoms. The van der Waals surface area contributed by atoms with Gasteiger partial charge in [-0.2, -0.15) is 18.3 Å². The molecule has 0 unspecified atom stereocenters. The molecule has 2 aromatic heterocycles. The number of benzene rings is 2. The number of anilines is 1. The second-order valence-corrected chi connectivity index (χ2v) is 11.6. The predicted molar refractivity (Wildman–Crippen MR) is 143 cm³/mol. The summed E-state index contributed by atoms with van der Waals surface area (Å²) in [5.41, 5.74) is 1.06. The molecule has 9 nitrogen and oxygen atoms in total. The third-order valence-corrected chi connectivity index (χ3v) is 8.75. The number of amides is 1. The first-order valence-electron chi connectivity index (χ1n) is 13.7. The molecular weight excluding hydrogens is 533 g/mol. The molecule has 0 spiro atoms. The Balaban J connectivity index is 1.21. The van der Waals surface area contributed by atoms with Crippen LogP contribution in [-0.2, 0) is 44.8 Å². The standard InChI is InChI=1S/C29H29F3N8O/c1-18-11-28(12-18,27-36-34-17-37(27)2)20-4-3-5-21(10-20)39-14-23-22(26(39)41)8-19(9-24(23)29(30,31)32)13-38-6-7-40-25(15-38)33-16-35-40/h3-5,8-10,16-18H,6-7,11-15H2,1-2H3. The molecule has 3 aliphatic rings. The van der Waals surface area contributed by atoms with E-state index in [0.717, 1.165) is 30.1 Å². The van der Waals surface area contributed by atoms with Gasteiger partial charge in [0.1, 0.15) is 24.3 Å². The maximum absolute atomic E-state index is 14.3. The fraction of sp³-hybridized carbons (Fsp3) is 0.414. The predicted octanol–water partition coefficient (Wildman–Crippen LogP) is 4.32. The van der Waals surface area contributed by atoms with Crippen molar-refractivity contribution in [2.75, 3.05) is 11.4 Å². The van der Waals surface area contributed by atoms with Gasteiger partial charge < -0.3 is 9.47 Å². The maximum atomic E-state index is 14.3. The van der Waals surface area contributed by atoms with Crippen LogP contribution >= 0.6 is 0 Å². The van der Waals surface area contributed by atoms with Gasteiger partial charge in [-0.05, 0) is 59.7 Å². The van der Waals surface area contributed by atoms with Crippen LogP contribution in [0.1, 0.15) is 64.0 Å². The van der Waals surface area contributed by atoms with E-state index in [9.17, 15) is 18.0 Å². The van der Waals surface area contributed by atoms with E-state index in [2.05, 4.69) is 27.2 Å². The molecule has 0 bridgehead atoms. The van der Waals surface area contributed by atoms with E-state index in [1.807, 2.05) is 34.7 Å². The molecule has 12 heteroatoms. The molecule has 1 amide bonds. The molecule has 1 saturated carbocycles. The topological polar surface area (TPSA) is 85.0 Å². The lowest BCUT2D eigenvalue weighted by molar-refractivity contribution is -0.138. The Hall–Kier alpha value is -4.06. The molecule has 2 aliphatic heterocycles. The van der Waals surface area contributed by atoms with E-state index >= 15 is 0 Å². The third-order valence-electron chi connectivity index (χ3n) is 8.75. The number of carbonyl (C=O) groups excluding carboxylic acids is 1. The molecule has 7 rings (SSSR count). The van der Waals surface area contributed by atoms with Gasteiger partial charge >= 0.3 is 6.18 Å². The van der Waals surface area contributed by atoms with Gasteiger partial charge in [0.05, 0.1) is 30.6 Å². The SMILES string of the molecule is CC1CC(c2cccc(N3Cc4c(cc(CN5CCn6ncnc6C5)cc4C(F)(F)F)C3=O)c2)(c2nncn2C)C1. The third kappa shape index (κ3) is 4.23. The number of carbonyl (C=O) groups is 1. The summed E-state index contributed by atoms with van der Waals surface area (Å²) in [4.78, 5) is 21.5. The minimum absolute atomic E-state index is 0.0234. The van der Waals surface area contributed by atoms with Crippen LogP contribution in [0.5, 0.6) is 0 Å². The van der Waals surface area contributed by atoms with Gasteiger partial charge in [0.25, 0.3) is 5.91 Å². The Kier molecular flexibility index (Phi) is 5.83. The normalized spacial score (nSPS) is 22.5. The molecule has 212 valence electrons. The number of alkyl halides is 3. The quantitative estimate of drug-likeness (QED) is 0.360. The van der Waals surface area contributed by atoms with E-state index in [0.29, 0.717) is 36.8 Å². The highest BCUT2D eigenvalue weighted by Gasteiger charge is 2.48. The minimum atomic E-state index is -4.59. The fourth-order valence-electron chi connectivity index (χ4n) is 6.89. The second kappa shape index (κ2) is 9.23. The van der Waals surface area contributed by atoms with Crippen molar-refractivity contribution in [2.45, 2.75) is 57.5 Å². The first-order valence-corrected chi connectivity index (χ1v) is 13.7. The van der Waals surface area contributed by atoms with Crippen molar-refractivity contribution in [3.8, 4) is 0 Å². The Labute approximate surface area is 234 Å². The molecule has 1 fully saturated rings. The summed E-state index contributed by atoms with van der Waals surface area (Å²) in [6.45, 7) is 4.07. The van der Waals surface area contributed by atoms with E-state index in [-0.39, 0.29) is 29.6 Å². The van der Waals surface area contributed by atoms with Gasteiger partial charge in [0.15, 0.2) is 0 Å². The largest absolute Gasteiger partial charge is 0.416 e. The molecule has 0 saturated heterocycles. The molecule has 0 atom stereocenters. The van der Waals surface area contributed by atoms with Gasteiger partial charge in [0, 0.05) is 31.4 Å². The lowest BCUT2D eigenvalue weighted by Crippen LogP contribution is -2.43. The Bertz CT molecular complexity index is 1650.